The van der Waals surface area contributed by atoms with Crippen LogP contribution in [0.2, 0.25) is 0 Å². The lowest BCUT2D eigenvalue weighted by Crippen LogP contribution is -2.60. The molecule has 0 aliphatic carbocycles. The summed E-state index contributed by atoms with van der Waals surface area (Å²) in [5.74, 6) is 1.02. The fourth-order valence-electron chi connectivity index (χ4n) is 3.29. The van der Waals surface area contributed by atoms with Crippen LogP contribution in [-0.2, 0) is 11.3 Å². The van der Waals surface area contributed by atoms with Crippen molar-refractivity contribution in [3.05, 3.63) is 60.3 Å². The molecule has 1 fully saturated rings. The minimum Gasteiger partial charge on any atom is -0.489 e. The fourth-order valence-corrected chi connectivity index (χ4v) is 3.29. The number of H-pyrrole nitrogens is 1. The van der Waals surface area contributed by atoms with Gasteiger partial charge in [0.05, 0.1) is 6.61 Å². The molecular formula is C21H23NO7. The van der Waals surface area contributed by atoms with E-state index in [4.69, 9.17) is 14.2 Å². The van der Waals surface area contributed by atoms with Gasteiger partial charge in [0.25, 0.3) is 0 Å². The van der Waals surface area contributed by atoms with Crippen molar-refractivity contribution >= 4 is 10.9 Å². The maximum Gasteiger partial charge on any atom is 0.229 e. The monoisotopic (exact) mass is 401 g/mol. The summed E-state index contributed by atoms with van der Waals surface area (Å²) in [6.07, 6.45) is -5.09. The number of aliphatic hydroxyl groups is 4. The molecule has 3 aromatic rings. The number of ether oxygens (including phenoxy) is 3. The molecule has 1 aliphatic heterocycles. The maximum atomic E-state index is 10.2. The van der Waals surface area contributed by atoms with E-state index in [1.165, 1.54) is 0 Å². The van der Waals surface area contributed by atoms with Crippen LogP contribution < -0.4 is 9.47 Å². The molecule has 2 heterocycles. The van der Waals surface area contributed by atoms with Crippen molar-refractivity contribution in [1.29, 1.82) is 0 Å². The van der Waals surface area contributed by atoms with E-state index in [9.17, 15) is 20.4 Å². The van der Waals surface area contributed by atoms with Gasteiger partial charge < -0.3 is 39.6 Å². The third kappa shape index (κ3) is 4.07. The summed E-state index contributed by atoms with van der Waals surface area (Å²) in [6.45, 7) is -0.101. The van der Waals surface area contributed by atoms with Crippen LogP contribution in [0.1, 0.15) is 5.56 Å². The molecule has 1 saturated heterocycles. The number of hydrogen-bond donors (Lipinski definition) is 5. The highest BCUT2D eigenvalue weighted by molar-refractivity contribution is 5.87. The van der Waals surface area contributed by atoms with E-state index in [-0.39, 0.29) is 0 Å². The first-order chi connectivity index (χ1) is 14.1. The van der Waals surface area contributed by atoms with Crippen LogP contribution in [0.3, 0.4) is 0 Å². The molecule has 0 bridgehead atoms. The second-order valence-electron chi connectivity index (χ2n) is 6.95. The molecule has 0 radical (unpaired) electrons. The predicted octanol–water partition coefficient (Wildman–Crippen LogP) is 0.926. The average Bonchev–Trinajstić information content (AvgIpc) is 3.15. The van der Waals surface area contributed by atoms with Crippen LogP contribution in [0.5, 0.6) is 11.5 Å². The number of rotatable bonds is 6. The first-order valence-electron chi connectivity index (χ1n) is 9.32. The molecule has 0 spiro atoms. The van der Waals surface area contributed by atoms with Crippen molar-refractivity contribution in [3.8, 4) is 11.5 Å². The highest BCUT2D eigenvalue weighted by atomic mass is 16.7. The van der Waals surface area contributed by atoms with Gasteiger partial charge in [0.2, 0.25) is 6.29 Å². The third-order valence-corrected chi connectivity index (χ3v) is 4.96. The van der Waals surface area contributed by atoms with Gasteiger partial charge in [-0.05, 0) is 23.8 Å². The summed E-state index contributed by atoms with van der Waals surface area (Å²) in [5.41, 5.74) is 1.83. The number of aliphatic hydroxyl groups excluding tert-OH is 4. The van der Waals surface area contributed by atoms with E-state index < -0.39 is 37.3 Å². The number of hydrogen-bond acceptors (Lipinski definition) is 7. The van der Waals surface area contributed by atoms with E-state index in [1.54, 1.807) is 12.3 Å². The Morgan fingerprint density at radius 1 is 0.966 bits per heavy atom. The molecule has 5 atom stereocenters. The third-order valence-electron chi connectivity index (χ3n) is 4.96. The molecule has 1 aliphatic rings. The molecule has 4 rings (SSSR count). The van der Waals surface area contributed by atoms with E-state index in [0.29, 0.717) is 23.5 Å². The predicted molar refractivity (Wildman–Crippen MR) is 103 cm³/mol. The van der Waals surface area contributed by atoms with Gasteiger partial charge in [-0.15, -0.1) is 0 Å². The molecule has 2 aromatic carbocycles. The van der Waals surface area contributed by atoms with E-state index in [2.05, 4.69) is 4.98 Å². The Morgan fingerprint density at radius 2 is 1.76 bits per heavy atom. The molecule has 29 heavy (non-hydrogen) atoms. The van der Waals surface area contributed by atoms with Gasteiger partial charge in [-0.2, -0.15) is 0 Å². The van der Waals surface area contributed by atoms with Crippen molar-refractivity contribution in [2.75, 3.05) is 6.61 Å². The maximum absolute atomic E-state index is 10.2. The Bertz CT molecular complexity index is 943. The first kappa shape index (κ1) is 19.7. The van der Waals surface area contributed by atoms with Gasteiger partial charge in [0.1, 0.15) is 42.5 Å². The summed E-state index contributed by atoms with van der Waals surface area (Å²) in [5, 5.41) is 40.0. The second-order valence-corrected chi connectivity index (χ2v) is 6.95. The van der Waals surface area contributed by atoms with E-state index in [0.717, 1.165) is 11.1 Å². The SMILES string of the molecule is OCC1O[C@@H](Oc2c[nH]c3ccc(OCc4ccccc4)cc23)C(O)[C@H](O)[C@@H]1O. The van der Waals surface area contributed by atoms with Gasteiger partial charge in [-0.25, -0.2) is 0 Å². The van der Waals surface area contributed by atoms with E-state index >= 15 is 0 Å². The molecule has 2 unspecified atom stereocenters. The summed E-state index contributed by atoms with van der Waals surface area (Å²) in [6, 6.07) is 15.3. The Morgan fingerprint density at radius 3 is 2.52 bits per heavy atom. The van der Waals surface area contributed by atoms with Crippen LogP contribution in [0.25, 0.3) is 10.9 Å². The Balaban J connectivity index is 1.51. The fraction of sp³-hybridized carbons (Fsp3) is 0.333. The molecule has 154 valence electrons. The minimum absolute atomic E-state index is 0.384. The van der Waals surface area contributed by atoms with Gasteiger partial charge >= 0.3 is 0 Å². The zero-order valence-corrected chi connectivity index (χ0v) is 15.5. The highest BCUT2D eigenvalue weighted by Gasteiger charge is 2.44. The molecule has 8 heteroatoms. The van der Waals surface area contributed by atoms with Gasteiger partial charge in [-0.3, -0.25) is 0 Å². The summed E-state index contributed by atoms with van der Waals surface area (Å²) < 4.78 is 17.0. The van der Waals surface area contributed by atoms with Gasteiger partial charge in [-0.1, -0.05) is 30.3 Å². The molecule has 0 saturated carbocycles. The number of aromatic amines is 1. The summed E-state index contributed by atoms with van der Waals surface area (Å²) in [4.78, 5) is 3.06. The molecular weight excluding hydrogens is 378 g/mol. The second kappa shape index (κ2) is 8.40. The first-order valence-corrected chi connectivity index (χ1v) is 9.32. The topological polar surface area (TPSA) is 124 Å². The lowest BCUT2D eigenvalue weighted by atomic mass is 9.99. The number of benzene rings is 2. The van der Waals surface area contributed by atoms with Gasteiger partial charge in [0, 0.05) is 17.1 Å². The standard InChI is InChI=1S/C21H23NO7/c23-10-17-18(24)19(25)20(26)21(29-17)28-16-9-22-15-7-6-13(8-14(15)16)27-11-12-4-2-1-3-5-12/h1-9,17-26H,10-11H2/t17?,18-,19-,20?,21-/m1/s1. The van der Waals surface area contributed by atoms with Crippen molar-refractivity contribution in [3.63, 3.8) is 0 Å². The van der Waals surface area contributed by atoms with Crippen molar-refractivity contribution in [2.45, 2.75) is 37.3 Å². The average molecular weight is 401 g/mol. The van der Waals surface area contributed by atoms with E-state index in [1.807, 2.05) is 42.5 Å². The van der Waals surface area contributed by atoms with Crippen molar-refractivity contribution in [1.82, 2.24) is 4.98 Å². The van der Waals surface area contributed by atoms with Crippen molar-refractivity contribution in [2.24, 2.45) is 0 Å². The largest absolute Gasteiger partial charge is 0.489 e. The molecule has 8 nitrogen and oxygen atoms in total. The Hall–Kier alpha value is -2.62. The smallest absolute Gasteiger partial charge is 0.229 e. The normalized spacial score (nSPS) is 27.1. The minimum atomic E-state index is -1.50. The number of fused-ring (bicyclic) bond motifs is 1. The zero-order valence-electron chi connectivity index (χ0n) is 15.5. The quantitative estimate of drug-likeness (QED) is 0.416. The van der Waals surface area contributed by atoms with Gasteiger partial charge in [0.15, 0.2) is 0 Å². The van der Waals surface area contributed by atoms with Crippen LogP contribution in [0.15, 0.2) is 54.7 Å². The van der Waals surface area contributed by atoms with Crippen molar-refractivity contribution < 1.29 is 34.6 Å². The lowest BCUT2D eigenvalue weighted by Gasteiger charge is -2.39. The Kier molecular flexibility index (Phi) is 5.70. The zero-order chi connectivity index (χ0) is 20.4. The van der Waals surface area contributed by atoms with Crippen LogP contribution in [0.4, 0.5) is 0 Å². The highest BCUT2D eigenvalue weighted by Crippen LogP contribution is 2.32. The van der Waals surface area contributed by atoms with Crippen LogP contribution in [0, 0.1) is 0 Å². The Labute approximate surface area is 166 Å². The summed E-state index contributed by atoms with van der Waals surface area (Å²) in [7, 11) is 0. The molecule has 1 aromatic heterocycles. The number of nitrogens with one attached hydrogen (secondary N) is 1. The molecule has 5 N–H and O–H groups in total. The molecule has 0 amide bonds. The van der Waals surface area contributed by atoms with Crippen LogP contribution >= 0.6 is 0 Å². The van der Waals surface area contributed by atoms with Crippen LogP contribution in [-0.4, -0.2) is 62.7 Å². The lowest BCUT2D eigenvalue weighted by molar-refractivity contribution is -0.277. The number of aromatic nitrogens is 1. The summed E-state index contributed by atoms with van der Waals surface area (Å²) >= 11 is 0.